The molecule has 0 spiro atoms. The Morgan fingerprint density at radius 2 is 2.08 bits per heavy atom. The van der Waals surface area contributed by atoms with E-state index in [2.05, 4.69) is 15.7 Å². The number of benzene rings is 1. The van der Waals surface area contributed by atoms with Gasteiger partial charge < -0.3 is 10.6 Å². The molecule has 2 N–H and O–H groups in total. The number of urea groups is 1. The monoisotopic (exact) mass is 326 g/mol. The van der Waals surface area contributed by atoms with Gasteiger partial charge in [0, 0.05) is 18.3 Å². The molecule has 6 heteroatoms. The van der Waals surface area contributed by atoms with Gasteiger partial charge in [0.1, 0.15) is 0 Å². The van der Waals surface area contributed by atoms with Gasteiger partial charge in [0.05, 0.1) is 12.2 Å². The van der Waals surface area contributed by atoms with Crippen molar-refractivity contribution in [3.8, 4) is 0 Å². The molecule has 3 rings (SSSR count). The van der Waals surface area contributed by atoms with Crippen LogP contribution in [-0.2, 0) is 19.4 Å². The minimum atomic E-state index is -0.281. The largest absolute Gasteiger partial charge is 0.336 e. The van der Waals surface area contributed by atoms with Crippen LogP contribution in [0.25, 0.3) is 0 Å². The van der Waals surface area contributed by atoms with Crippen LogP contribution in [0.4, 0.5) is 10.5 Å². The van der Waals surface area contributed by atoms with Crippen molar-refractivity contribution >= 4 is 11.7 Å². The molecule has 1 aliphatic rings. The maximum atomic E-state index is 12.0. The maximum Gasteiger partial charge on any atom is 0.319 e. The van der Waals surface area contributed by atoms with E-state index in [-0.39, 0.29) is 11.6 Å². The van der Waals surface area contributed by atoms with Crippen LogP contribution in [0.5, 0.6) is 0 Å². The summed E-state index contributed by atoms with van der Waals surface area (Å²) in [6.07, 6.45) is 2.92. The first kappa shape index (κ1) is 16.2. The van der Waals surface area contributed by atoms with E-state index in [1.54, 1.807) is 6.07 Å². The number of nitrogens with zero attached hydrogens (tertiary/aromatic N) is 2. The van der Waals surface area contributed by atoms with E-state index in [1.807, 2.05) is 32.0 Å². The third-order valence-corrected chi connectivity index (χ3v) is 4.26. The van der Waals surface area contributed by atoms with E-state index in [0.717, 1.165) is 47.3 Å². The number of aromatic nitrogens is 2. The van der Waals surface area contributed by atoms with Gasteiger partial charge in [-0.15, -0.1) is 0 Å². The molecule has 0 bridgehead atoms. The van der Waals surface area contributed by atoms with E-state index in [0.29, 0.717) is 13.1 Å². The number of fused-ring (bicyclic) bond motifs is 1. The number of rotatable bonds is 4. The van der Waals surface area contributed by atoms with E-state index < -0.39 is 0 Å². The second-order valence-electron chi connectivity index (χ2n) is 6.23. The fourth-order valence-electron chi connectivity index (χ4n) is 3.00. The van der Waals surface area contributed by atoms with Crippen molar-refractivity contribution in [1.82, 2.24) is 15.1 Å². The highest BCUT2D eigenvalue weighted by atomic mass is 16.2. The predicted octanol–water partition coefficient (Wildman–Crippen LogP) is 2.17. The summed E-state index contributed by atoms with van der Waals surface area (Å²) in [6.45, 7) is 4.68. The molecule has 6 nitrogen and oxygen atoms in total. The Labute approximate surface area is 140 Å². The van der Waals surface area contributed by atoms with E-state index in [9.17, 15) is 9.59 Å². The lowest BCUT2D eigenvalue weighted by Crippen LogP contribution is -2.35. The van der Waals surface area contributed by atoms with Crippen LogP contribution in [-0.4, -0.2) is 22.4 Å². The molecule has 0 atom stereocenters. The normalized spacial score (nSPS) is 12.8. The van der Waals surface area contributed by atoms with Crippen molar-refractivity contribution in [2.45, 2.75) is 39.7 Å². The van der Waals surface area contributed by atoms with Crippen molar-refractivity contribution < 1.29 is 4.79 Å². The molecule has 0 unspecified atom stereocenters. The van der Waals surface area contributed by atoms with Crippen LogP contribution in [0.3, 0.4) is 0 Å². The van der Waals surface area contributed by atoms with Gasteiger partial charge in [0.2, 0.25) is 0 Å². The molecule has 1 aromatic carbocycles. The Morgan fingerprint density at radius 3 is 2.88 bits per heavy atom. The zero-order valence-electron chi connectivity index (χ0n) is 14.1. The summed E-state index contributed by atoms with van der Waals surface area (Å²) < 4.78 is 1.43. The standard InChI is InChI=1S/C18H22N4O2/c1-12-6-7-15(13(2)10-12)20-18(24)19-8-9-22-17(23)11-14-4-3-5-16(14)21-22/h6-7,10-11H,3-5,8-9H2,1-2H3,(H2,19,20,24). The fraction of sp³-hybridized carbons (Fsp3) is 0.389. The van der Waals surface area contributed by atoms with Gasteiger partial charge in [-0.3, -0.25) is 4.79 Å². The van der Waals surface area contributed by atoms with Gasteiger partial charge in [-0.25, -0.2) is 9.48 Å². The molecular formula is C18H22N4O2. The smallest absolute Gasteiger partial charge is 0.319 e. The van der Waals surface area contributed by atoms with Gasteiger partial charge in [0.15, 0.2) is 0 Å². The SMILES string of the molecule is Cc1ccc(NC(=O)NCCn2nc3c(cc2=O)CCC3)c(C)c1. The lowest BCUT2D eigenvalue weighted by molar-refractivity contribution is 0.251. The van der Waals surface area contributed by atoms with Crippen LogP contribution >= 0.6 is 0 Å². The second kappa shape index (κ2) is 6.86. The van der Waals surface area contributed by atoms with Crippen molar-refractivity contribution in [3.05, 3.63) is 57.0 Å². The lowest BCUT2D eigenvalue weighted by Gasteiger charge is -2.11. The van der Waals surface area contributed by atoms with Gasteiger partial charge in [-0.05, 0) is 50.3 Å². The molecule has 2 aromatic rings. The Kier molecular flexibility index (Phi) is 4.64. The summed E-state index contributed by atoms with van der Waals surface area (Å²) in [6, 6.07) is 7.25. The molecule has 0 aliphatic heterocycles. The summed E-state index contributed by atoms with van der Waals surface area (Å²) in [5.41, 5.74) is 4.92. The first-order chi connectivity index (χ1) is 11.5. The molecular weight excluding hydrogens is 304 g/mol. The Bertz CT molecular complexity index is 826. The third kappa shape index (κ3) is 3.64. The lowest BCUT2D eigenvalue weighted by atomic mass is 10.1. The molecule has 126 valence electrons. The first-order valence-electron chi connectivity index (χ1n) is 8.25. The quantitative estimate of drug-likeness (QED) is 0.904. The van der Waals surface area contributed by atoms with Crippen molar-refractivity contribution in [1.29, 1.82) is 0 Å². The Hall–Kier alpha value is -2.63. The highest BCUT2D eigenvalue weighted by molar-refractivity contribution is 5.90. The van der Waals surface area contributed by atoms with Gasteiger partial charge in [0.25, 0.3) is 5.56 Å². The second-order valence-corrected chi connectivity index (χ2v) is 6.23. The molecule has 1 aromatic heterocycles. The summed E-state index contributed by atoms with van der Waals surface area (Å²) in [5, 5.41) is 9.98. The van der Waals surface area contributed by atoms with Crippen molar-refractivity contribution in [2.24, 2.45) is 0 Å². The molecule has 24 heavy (non-hydrogen) atoms. The average Bonchev–Trinajstić information content (AvgIpc) is 2.97. The molecule has 1 heterocycles. The highest BCUT2D eigenvalue weighted by Gasteiger charge is 2.14. The molecule has 0 saturated heterocycles. The minimum Gasteiger partial charge on any atom is -0.336 e. The highest BCUT2D eigenvalue weighted by Crippen LogP contribution is 2.17. The predicted molar refractivity (Wildman–Crippen MR) is 93.5 cm³/mol. The van der Waals surface area contributed by atoms with Crippen LogP contribution in [0.1, 0.15) is 28.8 Å². The van der Waals surface area contributed by atoms with Crippen LogP contribution < -0.4 is 16.2 Å². The van der Waals surface area contributed by atoms with Crippen LogP contribution in [0.15, 0.2) is 29.1 Å². The van der Waals surface area contributed by atoms with Crippen LogP contribution in [0.2, 0.25) is 0 Å². The molecule has 1 aliphatic carbocycles. The van der Waals surface area contributed by atoms with E-state index >= 15 is 0 Å². The average molecular weight is 326 g/mol. The molecule has 0 fully saturated rings. The third-order valence-electron chi connectivity index (χ3n) is 4.26. The van der Waals surface area contributed by atoms with Gasteiger partial charge in [-0.2, -0.15) is 5.10 Å². The van der Waals surface area contributed by atoms with E-state index in [4.69, 9.17) is 0 Å². The summed E-state index contributed by atoms with van der Waals surface area (Å²) in [4.78, 5) is 24.0. The number of hydrogen-bond acceptors (Lipinski definition) is 3. The minimum absolute atomic E-state index is 0.104. The van der Waals surface area contributed by atoms with Crippen LogP contribution in [0, 0.1) is 13.8 Å². The Morgan fingerprint density at radius 1 is 1.25 bits per heavy atom. The molecule has 2 amide bonds. The molecule has 0 saturated carbocycles. The van der Waals surface area contributed by atoms with Crippen molar-refractivity contribution in [3.63, 3.8) is 0 Å². The number of carbonyl (C=O) groups excluding carboxylic acids is 1. The topological polar surface area (TPSA) is 76.0 Å². The fourth-order valence-corrected chi connectivity index (χ4v) is 3.00. The number of aryl methyl sites for hydroxylation is 4. The first-order valence-corrected chi connectivity index (χ1v) is 8.25. The summed E-state index contributed by atoms with van der Waals surface area (Å²) in [5.74, 6) is 0. The summed E-state index contributed by atoms with van der Waals surface area (Å²) in [7, 11) is 0. The van der Waals surface area contributed by atoms with Gasteiger partial charge >= 0.3 is 6.03 Å². The zero-order valence-corrected chi connectivity index (χ0v) is 14.1. The van der Waals surface area contributed by atoms with E-state index in [1.165, 1.54) is 4.68 Å². The molecule has 0 radical (unpaired) electrons. The number of anilines is 1. The van der Waals surface area contributed by atoms with Gasteiger partial charge in [-0.1, -0.05) is 17.7 Å². The Balaban J connectivity index is 1.55. The number of amides is 2. The summed E-state index contributed by atoms with van der Waals surface area (Å²) >= 11 is 0. The number of hydrogen-bond donors (Lipinski definition) is 2. The maximum absolute atomic E-state index is 12.0. The zero-order chi connectivity index (χ0) is 17.1. The number of nitrogens with one attached hydrogen (secondary N) is 2. The number of carbonyl (C=O) groups is 1. The van der Waals surface area contributed by atoms with Crippen molar-refractivity contribution in [2.75, 3.05) is 11.9 Å².